The van der Waals surface area contributed by atoms with E-state index in [0.29, 0.717) is 48.6 Å². The number of thiazole rings is 1. The Hall–Kier alpha value is -4.08. The minimum Gasteiger partial charge on any atom is -0.497 e. The van der Waals surface area contributed by atoms with Gasteiger partial charge in [0.05, 0.1) is 36.6 Å². The lowest BCUT2D eigenvalue weighted by molar-refractivity contribution is -0.139. The molecule has 0 saturated carbocycles. The molecule has 0 fully saturated rings. The van der Waals surface area contributed by atoms with Gasteiger partial charge in [0.25, 0.3) is 5.56 Å². The lowest BCUT2D eigenvalue weighted by Gasteiger charge is -2.26. The molecule has 1 aliphatic rings. The molecule has 1 atom stereocenters. The Morgan fingerprint density at radius 3 is 2.65 bits per heavy atom. The van der Waals surface area contributed by atoms with Crippen LogP contribution in [0.3, 0.4) is 0 Å². The summed E-state index contributed by atoms with van der Waals surface area (Å²) in [7, 11) is 3.08. The number of nitrogens with zero attached hydrogens (tertiary/aromatic N) is 2. The number of methoxy groups -OCH3 is 2. The number of rotatable bonds is 7. The zero-order valence-corrected chi connectivity index (χ0v) is 24.2. The molecule has 0 spiro atoms. The van der Waals surface area contributed by atoms with E-state index in [1.807, 2.05) is 31.2 Å². The molecule has 0 unspecified atom stereocenters. The van der Waals surface area contributed by atoms with Crippen molar-refractivity contribution in [2.24, 2.45) is 4.99 Å². The highest BCUT2D eigenvalue weighted by atomic mass is 35.5. The largest absolute Gasteiger partial charge is 0.497 e. The van der Waals surface area contributed by atoms with Crippen LogP contribution < -0.4 is 24.4 Å². The van der Waals surface area contributed by atoms with Crippen LogP contribution in [0, 0.1) is 6.92 Å². The molecule has 5 rings (SSSR count). The summed E-state index contributed by atoms with van der Waals surface area (Å²) in [6, 6.07) is 13.7. The van der Waals surface area contributed by atoms with E-state index in [9.17, 15) is 9.59 Å². The Morgan fingerprint density at radius 2 is 1.93 bits per heavy atom. The lowest BCUT2D eigenvalue weighted by atomic mass is 9.95. The quantitative estimate of drug-likeness (QED) is 0.285. The van der Waals surface area contributed by atoms with Crippen molar-refractivity contribution in [3.63, 3.8) is 0 Å². The van der Waals surface area contributed by atoms with Crippen LogP contribution >= 0.6 is 22.9 Å². The predicted octanol–water partition coefficient (Wildman–Crippen LogP) is 5.04. The average molecular weight is 579 g/mol. The van der Waals surface area contributed by atoms with Crippen molar-refractivity contribution >= 4 is 35.0 Å². The average Bonchev–Trinajstić information content (AvgIpc) is 3.53. The van der Waals surface area contributed by atoms with Gasteiger partial charge in [0, 0.05) is 28.3 Å². The summed E-state index contributed by atoms with van der Waals surface area (Å²) in [6.45, 7) is 5.62. The molecule has 8 nitrogen and oxygen atoms in total. The van der Waals surface area contributed by atoms with Crippen molar-refractivity contribution in [1.82, 2.24) is 4.57 Å². The van der Waals surface area contributed by atoms with Crippen LogP contribution in [-0.4, -0.2) is 31.4 Å². The maximum absolute atomic E-state index is 13.9. The fraction of sp³-hybridized carbons (Fsp3) is 0.233. The zero-order valence-electron chi connectivity index (χ0n) is 22.6. The summed E-state index contributed by atoms with van der Waals surface area (Å²) in [5, 5.41) is 0.605. The predicted molar refractivity (Wildman–Crippen MR) is 154 cm³/mol. The smallest absolute Gasteiger partial charge is 0.338 e. The number of fused-ring (bicyclic) bond motifs is 1. The molecule has 0 N–H and O–H groups in total. The van der Waals surface area contributed by atoms with Crippen molar-refractivity contribution in [2.45, 2.75) is 26.8 Å². The highest BCUT2D eigenvalue weighted by Gasteiger charge is 2.35. The fourth-order valence-electron chi connectivity index (χ4n) is 4.69. The molecule has 0 aliphatic carbocycles. The third-order valence-electron chi connectivity index (χ3n) is 6.62. The summed E-state index contributed by atoms with van der Waals surface area (Å²) >= 11 is 7.41. The molecule has 0 saturated heterocycles. The normalized spacial score (nSPS) is 15.1. The van der Waals surface area contributed by atoms with Gasteiger partial charge in [-0.15, -0.1) is 0 Å². The van der Waals surface area contributed by atoms with Gasteiger partial charge in [-0.3, -0.25) is 9.36 Å². The van der Waals surface area contributed by atoms with Gasteiger partial charge in [0.1, 0.15) is 29.1 Å². The maximum atomic E-state index is 13.9. The van der Waals surface area contributed by atoms with E-state index in [-0.39, 0.29) is 17.7 Å². The molecule has 0 amide bonds. The van der Waals surface area contributed by atoms with Gasteiger partial charge < -0.3 is 18.6 Å². The van der Waals surface area contributed by atoms with E-state index in [0.717, 1.165) is 11.1 Å². The topological polar surface area (TPSA) is 92.3 Å². The van der Waals surface area contributed by atoms with E-state index in [1.165, 1.54) is 23.0 Å². The van der Waals surface area contributed by atoms with E-state index in [2.05, 4.69) is 4.99 Å². The SMILES string of the molecule is CCOC(=O)C1=C(C)N=c2s/c(=C\c3ccc(-c4cc(Cl)ccc4C)o3)c(=O)n2[C@@H]1c1ccc(OC)cc1OC. The molecule has 10 heteroatoms. The van der Waals surface area contributed by atoms with Crippen LogP contribution in [0.2, 0.25) is 5.02 Å². The molecule has 1 aliphatic heterocycles. The van der Waals surface area contributed by atoms with E-state index < -0.39 is 12.0 Å². The van der Waals surface area contributed by atoms with Gasteiger partial charge in [-0.25, -0.2) is 9.79 Å². The second-order valence-electron chi connectivity index (χ2n) is 9.07. The number of ether oxygens (including phenoxy) is 3. The standard InChI is InChI=1S/C30H27ClN2O6S/c1-6-38-29(35)26-17(3)32-30-33(27(26)21-11-9-19(36-4)14-24(21)37-5)28(34)25(40-30)15-20-10-12-23(39-20)22-13-18(31)8-7-16(22)2/h7-15,27H,6H2,1-5H3/b25-15-/t27-/m1/s1. The molecule has 0 bridgehead atoms. The Bertz CT molecular complexity index is 1830. The monoisotopic (exact) mass is 578 g/mol. The second-order valence-corrected chi connectivity index (χ2v) is 10.5. The van der Waals surface area contributed by atoms with Crippen LogP contribution in [0.15, 0.2) is 74.0 Å². The molecule has 2 aromatic heterocycles. The molecule has 206 valence electrons. The lowest BCUT2D eigenvalue weighted by Crippen LogP contribution is -2.40. The Labute approximate surface area is 239 Å². The fourth-order valence-corrected chi connectivity index (χ4v) is 5.89. The van der Waals surface area contributed by atoms with Gasteiger partial charge >= 0.3 is 5.97 Å². The number of benzene rings is 2. The number of furan rings is 1. The molecule has 40 heavy (non-hydrogen) atoms. The molecular formula is C30H27ClN2O6S. The molecule has 4 aromatic rings. The van der Waals surface area contributed by atoms with Gasteiger partial charge in [0.2, 0.25) is 0 Å². The third-order valence-corrected chi connectivity index (χ3v) is 7.84. The second kappa shape index (κ2) is 11.2. The highest BCUT2D eigenvalue weighted by molar-refractivity contribution is 7.07. The van der Waals surface area contributed by atoms with Gasteiger partial charge in [-0.1, -0.05) is 29.0 Å². The van der Waals surface area contributed by atoms with Crippen molar-refractivity contribution in [2.75, 3.05) is 20.8 Å². The van der Waals surface area contributed by atoms with Crippen molar-refractivity contribution in [3.8, 4) is 22.8 Å². The molecule has 3 heterocycles. The molecular weight excluding hydrogens is 552 g/mol. The number of carbonyl (C=O) groups is 1. The van der Waals surface area contributed by atoms with Crippen molar-refractivity contribution in [1.29, 1.82) is 0 Å². The van der Waals surface area contributed by atoms with Crippen molar-refractivity contribution < 1.29 is 23.4 Å². The number of hydrogen-bond donors (Lipinski definition) is 0. The number of esters is 1. The Morgan fingerprint density at radius 1 is 1.12 bits per heavy atom. The highest BCUT2D eigenvalue weighted by Crippen LogP contribution is 2.37. The summed E-state index contributed by atoms with van der Waals surface area (Å²) < 4.78 is 24.4. The first kappa shape index (κ1) is 27.5. The molecule has 0 radical (unpaired) electrons. The van der Waals surface area contributed by atoms with E-state index in [1.54, 1.807) is 51.3 Å². The van der Waals surface area contributed by atoms with Crippen LogP contribution in [0.25, 0.3) is 17.4 Å². The van der Waals surface area contributed by atoms with E-state index in [4.69, 9.17) is 30.2 Å². The number of halogens is 1. The van der Waals surface area contributed by atoms with Crippen LogP contribution in [-0.2, 0) is 9.53 Å². The Kier molecular flexibility index (Phi) is 7.69. The zero-order chi connectivity index (χ0) is 28.6. The maximum Gasteiger partial charge on any atom is 0.338 e. The van der Waals surface area contributed by atoms with Gasteiger partial charge in [0.15, 0.2) is 4.80 Å². The first-order valence-electron chi connectivity index (χ1n) is 12.5. The minimum atomic E-state index is -0.820. The Balaban J connectivity index is 1.68. The van der Waals surface area contributed by atoms with Crippen LogP contribution in [0.1, 0.15) is 36.8 Å². The number of hydrogen-bond acceptors (Lipinski definition) is 8. The first-order valence-corrected chi connectivity index (χ1v) is 13.7. The van der Waals surface area contributed by atoms with Crippen LogP contribution in [0.4, 0.5) is 0 Å². The minimum absolute atomic E-state index is 0.180. The number of aryl methyl sites for hydroxylation is 1. The van der Waals surface area contributed by atoms with Gasteiger partial charge in [-0.05, 0) is 62.7 Å². The summed E-state index contributed by atoms with van der Waals surface area (Å²) in [4.78, 5) is 32.2. The third kappa shape index (κ3) is 4.98. The number of allylic oxidation sites excluding steroid dienone is 1. The van der Waals surface area contributed by atoms with Crippen molar-refractivity contribution in [3.05, 3.63) is 101 Å². The van der Waals surface area contributed by atoms with Crippen LogP contribution in [0.5, 0.6) is 11.5 Å². The summed E-state index contributed by atoms with van der Waals surface area (Å²) in [5.41, 5.74) is 2.89. The van der Waals surface area contributed by atoms with E-state index >= 15 is 0 Å². The van der Waals surface area contributed by atoms with Gasteiger partial charge in [-0.2, -0.15) is 0 Å². The number of carbonyl (C=O) groups excluding carboxylic acids is 1. The summed E-state index contributed by atoms with van der Waals surface area (Å²) in [6.07, 6.45) is 1.68. The number of aromatic nitrogens is 1. The summed E-state index contributed by atoms with van der Waals surface area (Å²) in [5.74, 6) is 1.63. The molecule has 2 aromatic carbocycles. The first-order chi connectivity index (χ1) is 19.2.